The minimum atomic E-state index is -0.383. The van der Waals surface area contributed by atoms with Crippen LogP contribution in [0.25, 0.3) is 0 Å². The summed E-state index contributed by atoms with van der Waals surface area (Å²) in [5.41, 5.74) is 2.11. The lowest BCUT2D eigenvalue weighted by Crippen LogP contribution is -1.97. The van der Waals surface area contributed by atoms with E-state index in [2.05, 4.69) is 31.9 Å². The van der Waals surface area contributed by atoms with Crippen LogP contribution in [0, 0.1) is 6.92 Å². The van der Waals surface area contributed by atoms with E-state index in [1.165, 1.54) is 5.56 Å². The predicted molar refractivity (Wildman–Crippen MR) is 61.8 cm³/mol. The van der Waals surface area contributed by atoms with Crippen molar-refractivity contribution < 1.29 is 5.11 Å². The smallest absolute Gasteiger partial charge is 0.0798 e. The van der Waals surface area contributed by atoms with Gasteiger partial charge in [-0.1, -0.05) is 38.8 Å². The van der Waals surface area contributed by atoms with E-state index in [0.29, 0.717) is 0 Å². The van der Waals surface area contributed by atoms with E-state index >= 15 is 0 Å². The summed E-state index contributed by atoms with van der Waals surface area (Å²) >= 11 is 6.89. The molecule has 0 spiro atoms. The van der Waals surface area contributed by atoms with Crippen molar-refractivity contribution in [2.75, 3.05) is 0 Å². The van der Waals surface area contributed by atoms with E-state index in [1.54, 1.807) is 0 Å². The third-order valence-electron chi connectivity index (χ3n) is 2.02. The second kappa shape index (κ2) is 4.58. The molecule has 1 nitrogen and oxygen atoms in total. The number of halogens is 2. The molecule has 72 valence electrons. The number of aliphatic hydroxyl groups excluding tert-OH is 1. The summed E-state index contributed by atoms with van der Waals surface area (Å²) in [6.45, 7) is 3.99. The number of benzene rings is 1. The van der Waals surface area contributed by atoms with E-state index in [-0.39, 0.29) is 6.10 Å². The van der Waals surface area contributed by atoms with E-state index in [9.17, 15) is 5.11 Å². The third-order valence-corrected chi connectivity index (χ3v) is 3.56. The predicted octanol–water partition coefficient (Wildman–Crippen LogP) is 3.96. The minimum Gasteiger partial charge on any atom is -0.388 e. The number of aryl methyl sites for hydroxylation is 1. The van der Waals surface area contributed by atoms with Crippen LogP contribution in [0.15, 0.2) is 21.1 Å². The summed E-state index contributed by atoms with van der Waals surface area (Å²) in [6, 6.07) is 3.98. The maximum atomic E-state index is 9.67. The van der Waals surface area contributed by atoms with Crippen molar-refractivity contribution in [3.8, 4) is 0 Å². The first-order valence-electron chi connectivity index (χ1n) is 4.19. The molecule has 0 bridgehead atoms. The lowest BCUT2D eigenvalue weighted by Gasteiger charge is -2.12. The van der Waals surface area contributed by atoms with Gasteiger partial charge in [0.2, 0.25) is 0 Å². The molecule has 0 unspecified atom stereocenters. The molecule has 1 N–H and O–H groups in total. The van der Waals surface area contributed by atoms with Gasteiger partial charge in [0.05, 0.1) is 6.10 Å². The highest BCUT2D eigenvalue weighted by Crippen LogP contribution is 2.30. The first-order chi connectivity index (χ1) is 6.06. The molecule has 0 saturated heterocycles. The zero-order valence-corrected chi connectivity index (χ0v) is 10.8. The van der Waals surface area contributed by atoms with Gasteiger partial charge >= 0.3 is 0 Å². The Labute approximate surface area is 95.4 Å². The molecule has 1 aromatic carbocycles. The molecule has 0 saturated carbocycles. The summed E-state index contributed by atoms with van der Waals surface area (Å²) in [5, 5.41) is 9.67. The highest BCUT2D eigenvalue weighted by molar-refractivity contribution is 9.11. The Balaban J connectivity index is 3.15. The van der Waals surface area contributed by atoms with Crippen molar-refractivity contribution in [2.24, 2.45) is 0 Å². The van der Waals surface area contributed by atoms with E-state index in [4.69, 9.17) is 0 Å². The van der Waals surface area contributed by atoms with Crippen molar-refractivity contribution in [3.63, 3.8) is 0 Å². The first kappa shape index (κ1) is 11.2. The molecular weight excluding hydrogens is 296 g/mol. The highest BCUT2D eigenvalue weighted by Gasteiger charge is 2.10. The maximum Gasteiger partial charge on any atom is 0.0798 e. The van der Waals surface area contributed by atoms with Gasteiger partial charge in [0.25, 0.3) is 0 Å². The van der Waals surface area contributed by atoms with Gasteiger partial charge in [0, 0.05) is 8.95 Å². The van der Waals surface area contributed by atoms with Crippen LogP contribution in [0.2, 0.25) is 0 Å². The van der Waals surface area contributed by atoms with Crippen LogP contribution in [-0.4, -0.2) is 5.11 Å². The van der Waals surface area contributed by atoms with Gasteiger partial charge in [0.1, 0.15) is 0 Å². The van der Waals surface area contributed by atoms with Gasteiger partial charge in [-0.2, -0.15) is 0 Å². The zero-order chi connectivity index (χ0) is 10.0. The molecule has 0 fully saturated rings. The van der Waals surface area contributed by atoms with Gasteiger partial charge in [-0.25, -0.2) is 0 Å². The van der Waals surface area contributed by atoms with Crippen molar-refractivity contribution in [2.45, 2.75) is 26.4 Å². The van der Waals surface area contributed by atoms with Gasteiger partial charge in [-0.15, -0.1) is 0 Å². The van der Waals surface area contributed by atoms with Crippen LogP contribution < -0.4 is 0 Å². The molecule has 0 aliphatic heterocycles. The second-order valence-corrected chi connectivity index (χ2v) is 4.76. The molecule has 1 atom stereocenters. The average molecular weight is 308 g/mol. The zero-order valence-electron chi connectivity index (χ0n) is 7.64. The highest BCUT2D eigenvalue weighted by atomic mass is 79.9. The van der Waals surface area contributed by atoms with E-state index in [1.807, 2.05) is 26.0 Å². The lowest BCUT2D eigenvalue weighted by molar-refractivity contribution is 0.173. The molecule has 0 amide bonds. The molecule has 0 aliphatic rings. The van der Waals surface area contributed by atoms with E-state index < -0.39 is 0 Å². The Hall–Kier alpha value is 0.140. The van der Waals surface area contributed by atoms with Crippen molar-refractivity contribution in [3.05, 3.63) is 32.2 Å². The third kappa shape index (κ3) is 2.55. The number of rotatable bonds is 2. The van der Waals surface area contributed by atoms with Crippen molar-refractivity contribution in [1.29, 1.82) is 0 Å². The summed E-state index contributed by atoms with van der Waals surface area (Å²) < 4.78 is 2.01. The number of hydrogen-bond donors (Lipinski definition) is 1. The molecule has 13 heavy (non-hydrogen) atoms. The summed E-state index contributed by atoms with van der Waals surface area (Å²) in [5.74, 6) is 0. The van der Waals surface area contributed by atoms with Gasteiger partial charge < -0.3 is 5.11 Å². The summed E-state index contributed by atoms with van der Waals surface area (Å²) in [4.78, 5) is 0. The van der Waals surface area contributed by atoms with Crippen LogP contribution in [0.5, 0.6) is 0 Å². The van der Waals surface area contributed by atoms with Gasteiger partial charge in [0.15, 0.2) is 0 Å². The molecule has 1 aromatic rings. The Morgan fingerprint density at radius 3 is 2.46 bits per heavy atom. The van der Waals surface area contributed by atoms with Crippen LogP contribution >= 0.6 is 31.9 Å². The van der Waals surface area contributed by atoms with Crippen LogP contribution in [0.1, 0.15) is 30.6 Å². The Morgan fingerprint density at radius 1 is 1.31 bits per heavy atom. The lowest BCUT2D eigenvalue weighted by atomic mass is 10.1. The van der Waals surface area contributed by atoms with E-state index in [0.717, 1.165) is 20.9 Å². The molecular formula is C10H12Br2O. The Bertz CT molecular complexity index is 310. The van der Waals surface area contributed by atoms with Gasteiger partial charge in [-0.05, 0) is 36.6 Å². The fourth-order valence-corrected chi connectivity index (χ4v) is 2.22. The topological polar surface area (TPSA) is 20.2 Å². The molecule has 3 heteroatoms. The Morgan fingerprint density at radius 2 is 1.92 bits per heavy atom. The number of hydrogen-bond acceptors (Lipinski definition) is 1. The van der Waals surface area contributed by atoms with Crippen LogP contribution in [0.4, 0.5) is 0 Å². The largest absolute Gasteiger partial charge is 0.388 e. The average Bonchev–Trinajstić information content (AvgIpc) is 2.10. The number of aliphatic hydroxyl groups is 1. The monoisotopic (exact) mass is 306 g/mol. The second-order valence-electron chi connectivity index (χ2n) is 3.05. The summed E-state index contributed by atoms with van der Waals surface area (Å²) in [6.07, 6.45) is 0.347. The summed E-state index contributed by atoms with van der Waals surface area (Å²) in [7, 11) is 0. The Kier molecular flexibility index (Phi) is 3.95. The fourth-order valence-electron chi connectivity index (χ4n) is 1.14. The first-order valence-corrected chi connectivity index (χ1v) is 5.78. The molecule has 0 aromatic heterocycles. The maximum absolute atomic E-state index is 9.67. The van der Waals surface area contributed by atoms with Crippen molar-refractivity contribution >= 4 is 31.9 Å². The molecule has 1 rings (SSSR count). The quantitative estimate of drug-likeness (QED) is 0.876. The molecule has 0 aliphatic carbocycles. The van der Waals surface area contributed by atoms with Crippen LogP contribution in [0.3, 0.4) is 0 Å². The van der Waals surface area contributed by atoms with Gasteiger partial charge in [-0.3, -0.25) is 0 Å². The standard InChI is InChI=1S/C10H12Br2O/c1-3-10(13)7-5-8(11)6(2)4-9(7)12/h4-5,10,13H,3H2,1-2H3/t10-/m0/s1. The van der Waals surface area contributed by atoms with Crippen molar-refractivity contribution in [1.82, 2.24) is 0 Å². The minimum absolute atomic E-state index is 0.383. The SMILES string of the molecule is CC[C@H](O)c1cc(Br)c(C)cc1Br. The molecule has 0 radical (unpaired) electrons. The molecule has 0 heterocycles. The fraction of sp³-hybridized carbons (Fsp3) is 0.400. The van der Waals surface area contributed by atoms with Crippen LogP contribution in [-0.2, 0) is 0 Å². The normalized spacial score (nSPS) is 13.0.